The van der Waals surface area contributed by atoms with Crippen LogP contribution in [0, 0.1) is 24.5 Å². The molecule has 0 bridgehead atoms. The van der Waals surface area contributed by atoms with E-state index in [1.54, 1.807) is 6.92 Å². The first-order valence-corrected chi connectivity index (χ1v) is 5.62. The summed E-state index contributed by atoms with van der Waals surface area (Å²) in [5.74, 6) is -2.49. The van der Waals surface area contributed by atoms with Crippen molar-refractivity contribution in [2.45, 2.75) is 26.4 Å². The number of halogens is 2. The lowest BCUT2D eigenvalue weighted by atomic mass is 9.91. The fourth-order valence-corrected chi connectivity index (χ4v) is 2.14. The molecule has 2 rings (SSSR count). The van der Waals surface area contributed by atoms with Crippen molar-refractivity contribution >= 4 is 5.78 Å². The Morgan fingerprint density at radius 1 is 1.41 bits per heavy atom. The van der Waals surface area contributed by atoms with E-state index >= 15 is 0 Å². The summed E-state index contributed by atoms with van der Waals surface area (Å²) < 4.78 is 32.6. The average Bonchev–Trinajstić information content (AvgIpc) is 2.70. The molecule has 2 unspecified atom stereocenters. The Bertz CT molecular complexity index is 457. The van der Waals surface area contributed by atoms with E-state index in [4.69, 9.17) is 4.74 Å². The molecule has 92 valence electrons. The van der Waals surface area contributed by atoms with Gasteiger partial charge in [-0.05, 0) is 31.9 Å². The van der Waals surface area contributed by atoms with Crippen LogP contribution in [0.25, 0.3) is 0 Å². The van der Waals surface area contributed by atoms with Crippen LogP contribution in [-0.4, -0.2) is 18.5 Å². The molecule has 2 atom stereocenters. The average molecular weight is 240 g/mol. The first kappa shape index (κ1) is 12.2. The minimum atomic E-state index is -0.794. The van der Waals surface area contributed by atoms with Gasteiger partial charge in [0.1, 0.15) is 11.6 Å². The van der Waals surface area contributed by atoms with Crippen molar-refractivity contribution in [1.29, 1.82) is 0 Å². The maximum Gasteiger partial charge on any atom is 0.174 e. The Morgan fingerprint density at radius 3 is 2.71 bits per heavy atom. The molecular formula is C13H14F2O2. The predicted molar refractivity (Wildman–Crippen MR) is 58.9 cm³/mol. The molecule has 2 nitrogen and oxygen atoms in total. The SMILES string of the molecule is Cc1ccc(F)c(C(=O)C2CCOC2C)c1F. The molecule has 0 amide bonds. The minimum absolute atomic E-state index is 0.276. The summed E-state index contributed by atoms with van der Waals surface area (Å²) in [6.07, 6.45) is 0.245. The van der Waals surface area contributed by atoms with Crippen LogP contribution in [0.2, 0.25) is 0 Å². The quantitative estimate of drug-likeness (QED) is 0.743. The maximum atomic E-state index is 13.8. The van der Waals surface area contributed by atoms with Gasteiger partial charge >= 0.3 is 0 Å². The zero-order valence-electron chi connectivity index (χ0n) is 9.80. The van der Waals surface area contributed by atoms with E-state index in [2.05, 4.69) is 0 Å². The van der Waals surface area contributed by atoms with E-state index in [1.165, 1.54) is 13.0 Å². The second kappa shape index (κ2) is 4.53. The lowest BCUT2D eigenvalue weighted by Gasteiger charge is -2.14. The van der Waals surface area contributed by atoms with Crippen LogP contribution < -0.4 is 0 Å². The maximum absolute atomic E-state index is 13.8. The number of ketones is 1. The number of carbonyl (C=O) groups is 1. The van der Waals surface area contributed by atoms with E-state index in [9.17, 15) is 13.6 Å². The fourth-order valence-electron chi connectivity index (χ4n) is 2.14. The Balaban J connectivity index is 2.40. The topological polar surface area (TPSA) is 26.3 Å². The normalized spacial score (nSPS) is 24.0. The minimum Gasteiger partial charge on any atom is -0.378 e. The standard InChI is InChI=1S/C13H14F2O2/c1-7-3-4-10(14)11(12(7)15)13(16)9-5-6-17-8(9)2/h3-4,8-9H,5-6H2,1-2H3. The molecule has 0 saturated carbocycles. The van der Waals surface area contributed by atoms with Crippen molar-refractivity contribution in [3.05, 3.63) is 34.9 Å². The second-order valence-electron chi connectivity index (χ2n) is 4.39. The zero-order valence-corrected chi connectivity index (χ0v) is 9.80. The van der Waals surface area contributed by atoms with E-state index in [-0.39, 0.29) is 11.7 Å². The summed E-state index contributed by atoms with van der Waals surface area (Å²) in [6.45, 7) is 3.73. The van der Waals surface area contributed by atoms with Gasteiger partial charge in [-0.15, -0.1) is 0 Å². The molecule has 1 aromatic rings. The molecular weight excluding hydrogens is 226 g/mol. The van der Waals surface area contributed by atoms with E-state index < -0.39 is 28.9 Å². The summed E-state index contributed by atoms with van der Waals surface area (Å²) >= 11 is 0. The van der Waals surface area contributed by atoms with Gasteiger partial charge in [-0.2, -0.15) is 0 Å². The summed E-state index contributed by atoms with van der Waals surface area (Å²) in [5.41, 5.74) is -0.145. The summed E-state index contributed by atoms with van der Waals surface area (Å²) in [4.78, 5) is 12.1. The highest BCUT2D eigenvalue weighted by molar-refractivity contribution is 5.99. The van der Waals surface area contributed by atoms with Gasteiger partial charge in [-0.3, -0.25) is 4.79 Å². The van der Waals surface area contributed by atoms with Gasteiger partial charge in [0.2, 0.25) is 0 Å². The number of aryl methyl sites for hydroxylation is 1. The Kier molecular flexibility index (Phi) is 3.24. The number of benzene rings is 1. The molecule has 0 aliphatic carbocycles. The largest absolute Gasteiger partial charge is 0.378 e. The molecule has 1 fully saturated rings. The molecule has 0 radical (unpaired) electrons. The third-order valence-electron chi connectivity index (χ3n) is 3.24. The first-order valence-electron chi connectivity index (χ1n) is 5.62. The first-order chi connectivity index (χ1) is 8.02. The third kappa shape index (κ3) is 2.09. The smallest absolute Gasteiger partial charge is 0.174 e. The number of hydrogen-bond acceptors (Lipinski definition) is 2. The molecule has 1 heterocycles. The van der Waals surface area contributed by atoms with Crippen LogP contribution in [0.5, 0.6) is 0 Å². The molecule has 4 heteroatoms. The van der Waals surface area contributed by atoms with E-state index in [0.29, 0.717) is 13.0 Å². The predicted octanol–water partition coefficient (Wildman–Crippen LogP) is 2.88. The highest BCUT2D eigenvalue weighted by Crippen LogP contribution is 2.27. The number of ether oxygens (including phenoxy) is 1. The third-order valence-corrected chi connectivity index (χ3v) is 3.24. The van der Waals surface area contributed by atoms with Gasteiger partial charge in [0.05, 0.1) is 17.6 Å². The van der Waals surface area contributed by atoms with Gasteiger partial charge < -0.3 is 4.74 Å². The summed E-state index contributed by atoms with van der Waals surface area (Å²) in [7, 11) is 0. The fraction of sp³-hybridized carbons (Fsp3) is 0.462. The number of hydrogen-bond donors (Lipinski definition) is 0. The zero-order chi connectivity index (χ0) is 12.6. The van der Waals surface area contributed by atoms with Gasteiger partial charge in [-0.1, -0.05) is 6.07 Å². The van der Waals surface area contributed by atoms with E-state index in [0.717, 1.165) is 6.07 Å². The van der Waals surface area contributed by atoms with Crippen LogP contribution in [0.4, 0.5) is 8.78 Å². The molecule has 1 aliphatic rings. The van der Waals surface area contributed by atoms with Crippen LogP contribution in [0.3, 0.4) is 0 Å². The molecule has 17 heavy (non-hydrogen) atoms. The molecule has 0 spiro atoms. The van der Waals surface area contributed by atoms with Crippen molar-refractivity contribution in [2.75, 3.05) is 6.61 Å². The highest BCUT2D eigenvalue weighted by Gasteiger charge is 2.34. The monoisotopic (exact) mass is 240 g/mol. The highest BCUT2D eigenvalue weighted by atomic mass is 19.1. The van der Waals surface area contributed by atoms with Crippen molar-refractivity contribution in [2.24, 2.45) is 5.92 Å². The summed E-state index contributed by atoms with van der Waals surface area (Å²) in [6, 6.07) is 2.46. The van der Waals surface area contributed by atoms with Gasteiger partial charge in [0, 0.05) is 6.61 Å². The van der Waals surface area contributed by atoms with Gasteiger partial charge in [0.15, 0.2) is 5.78 Å². The molecule has 1 aliphatic heterocycles. The lowest BCUT2D eigenvalue weighted by Crippen LogP contribution is -2.24. The Hall–Kier alpha value is -1.29. The Morgan fingerprint density at radius 2 is 2.12 bits per heavy atom. The second-order valence-corrected chi connectivity index (χ2v) is 4.39. The molecule has 0 aromatic heterocycles. The van der Waals surface area contributed by atoms with Crippen molar-refractivity contribution in [3.8, 4) is 0 Å². The number of Topliss-reactive ketones (excluding diaryl/α,β-unsaturated/α-hetero) is 1. The molecule has 0 N–H and O–H groups in total. The summed E-state index contributed by atoms with van der Waals surface area (Å²) in [5, 5.41) is 0. The van der Waals surface area contributed by atoms with Crippen molar-refractivity contribution < 1.29 is 18.3 Å². The van der Waals surface area contributed by atoms with Crippen LogP contribution in [0.15, 0.2) is 12.1 Å². The van der Waals surface area contributed by atoms with Gasteiger partial charge in [-0.25, -0.2) is 8.78 Å². The van der Waals surface area contributed by atoms with Crippen LogP contribution in [0.1, 0.15) is 29.3 Å². The van der Waals surface area contributed by atoms with Crippen molar-refractivity contribution in [3.63, 3.8) is 0 Å². The van der Waals surface area contributed by atoms with Crippen LogP contribution in [-0.2, 0) is 4.74 Å². The van der Waals surface area contributed by atoms with Gasteiger partial charge in [0.25, 0.3) is 0 Å². The van der Waals surface area contributed by atoms with Crippen LogP contribution >= 0.6 is 0 Å². The lowest BCUT2D eigenvalue weighted by molar-refractivity contribution is 0.0757. The van der Waals surface area contributed by atoms with Crippen molar-refractivity contribution in [1.82, 2.24) is 0 Å². The number of rotatable bonds is 2. The molecule has 1 saturated heterocycles. The Labute approximate surface area is 98.6 Å². The molecule has 1 aromatic carbocycles. The van der Waals surface area contributed by atoms with E-state index in [1.807, 2.05) is 0 Å². The number of carbonyl (C=O) groups excluding carboxylic acids is 1.